The lowest BCUT2D eigenvalue weighted by Crippen LogP contribution is -2.18. The van der Waals surface area contributed by atoms with Crippen molar-refractivity contribution < 1.29 is 33.0 Å². The van der Waals surface area contributed by atoms with E-state index >= 15 is 0 Å². The molecule has 1 aromatic carbocycles. The van der Waals surface area contributed by atoms with Crippen LogP contribution in [0.4, 0.5) is 0 Å². The molecule has 0 saturated heterocycles. The van der Waals surface area contributed by atoms with Crippen LogP contribution in [0.3, 0.4) is 0 Å². The number of carboxylic acids is 1. The normalized spacial score (nSPS) is 13.0. The molecule has 0 spiro atoms. The molecular weight excluding hydrogens is 408 g/mol. The van der Waals surface area contributed by atoms with Crippen molar-refractivity contribution in [2.75, 3.05) is 12.9 Å². The first-order valence-corrected chi connectivity index (χ1v) is 11.8. The standard InChI is InChI=1S/C22H30O7S/c1-17(23)18(9-5-3-4-6-14-22(25)26)10-7-11-19(24)16-29-20-12-8-13-21(15-20)30(2,27)28/h8,12-13,15,18-19,24H,4,6-7,9-11,14,16H2,1-2H3,(H,25,26). The van der Waals surface area contributed by atoms with Crippen molar-refractivity contribution in [1.29, 1.82) is 0 Å². The fourth-order valence-corrected chi connectivity index (χ4v) is 3.39. The molecule has 2 atom stereocenters. The Morgan fingerprint density at radius 3 is 2.53 bits per heavy atom. The van der Waals surface area contributed by atoms with Crippen molar-refractivity contribution in [2.45, 2.75) is 62.9 Å². The van der Waals surface area contributed by atoms with Gasteiger partial charge in [0.25, 0.3) is 0 Å². The number of sulfone groups is 1. The van der Waals surface area contributed by atoms with Gasteiger partial charge in [0, 0.05) is 31.4 Å². The van der Waals surface area contributed by atoms with Crippen LogP contribution in [0.5, 0.6) is 5.75 Å². The summed E-state index contributed by atoms with van der Waals surface area (Å²) in [6.07, 6.45) is 3.55. The lowest BCUT2D eigenvalue weighted by Gasteiger charge is -2.15. The highest BCUT2D eigenvalue weighted by molar-refractivity contribution is 7.90. The number of hydrogen-bond acceptors (Lipinski definition) is 6. The van der Waals surface area contributed by atoms with Crippen molar-refractivity contribution >= 4 is 21.6 Å². The van der Waals surface area contributed by atoms with Gasteiger partial charge in [-0.2, -0.15) is 0 Å². The van der Waals surface area contributed by atoms with Gasteiger partial charge in [0.15, 0.2) is 9.84 Å². The Labute approximate surface area is 178 Å². The Hall–Kier alpha value is -2.37. The minimum Gasteiger partial charge on any atom is -0.491 e. The molecule has 0 fully saturated rings. The number of carbonyl (C=O) groups excluding carboxylic acids is 1. The summed E-state index contributed by atoms with van der Waals surface area (Å²) in [6.45, 7) is 1.55. The SMILES string of the molecule is CC(=O)C(CC#CCCCC(=O)O)CCCC(O)COc1cccc(S(C)(=O)=O)c1. The molecule has 166 valence electrons. The summed E-state index contributed by atoms with van der Waals surface area (Å²) >= 11 is 0. The molecule has 0 aliphatic rings. The third kappa shape index (κ3) is 11.0. The molecule has 0 heterocycles. The van der Waals surface area contributed by atoms with Crippen LogP contribution in [-0.2, 0) is 19.4 Å². The van der Waals surface area contributed by atoms with Gasteiger partial charge in [-0.15, -0.1) is 11.8 Å². The van der Waals surface area contributed by atoms with Gasteiger partial charge in [-0.05, 0) is 50.8 Å². The second-order valence-electron chi connectivity index (χ2n) is 7.26. The Morgan fingerprint density at radius 2 is 1.90 bits per heavy atom. The lowest BCUT2D eigenvalue weighted by molar-refractivity contribution is -0.137. The smallest absolute Gasteiger partial charge is 0.303 e. The molecule has 0 amide bonds. The molecule has 1 aromatic rings. The zero-order valence-electron chi connectivity index (χ0n) is 17.5. The molecule has 0 aromatic heterocycles. The van der Waals surface area contributed by atoms with Gasteiger partial charge in [0.1, 0.15) is 18.1 Å². The number of benzene rings is 1. The Morgan fingerprint density at radius 1 is 1.17 bits per heavy atom. The van der Waals surface area contributed by atoms with Crippen LogP contribution in [0.15, 0.2) is 29.2 Å². The molecule has 2 unspecified atom stereocenters. The van der Waals surface area contributed by atoms with Crippen molar-refractivity contribution in [3.63, 3.8) is 0 Å². The third-order valence-corrected chi connectivity index (χ3v) is 5.62. The van der Waals surface area contributed by atoms with Crippen LogP contribution in [0.2, 0.25) is 0 Å². The Kier molecular flexibility index (Phi) is 11.2. The minimum atomic E-state index is -3.32. The van der Waals surface area contributed by atoms with Crippen molar-refractivity contribution in [1.82, 2.24) is 0 Å². The maximum atomic E-state index is 11.8. The average Bonchev–Trinajstić information content (AvgIpc) is 2.66. The number of hydrogen-bond donors (Lipinski definition) is 2. The molecule has 2 N–H and O–H groups in total. The number of ether oxygens (including phenoxy) is 1. The fourth-order valence-electron chi connectivity index (χ4n) is 2.73. The van der Waals surface area contributed by atoms with E-state index in [4.69, 9.17) is 9.84 Å². The number of aliphatic carboxylic acids is 1. The second-order valence-corrected chi connectivity index (χ2v) is 9.27. The number of rotatable bonds is 13. The number of unbranched alkanes of at least 4 members (excludes halogenated alkanes) is 1. The molecule has 0 aliphatic heterocycles. The summed E-state index contributed by atoms with van der Waals surface area (Å²) in [5.74, 6) is 5.20. The van der Waals surface area contributed by atoms with Crippen molar-refractivity contribution in [2.24, 2.45) is 5.92 Å². The molecule has 30 heavy (non-hydrogen) atoms. The van der Waals surface area contributed by atoms with E-state index in [2.05, 4.69) is 11.8 Å². The van der Waals surface area contributed by atoms with E-state index in [9.17, 15) is 23.1 Å². The molecule has 0 saturated carbocycles. The molecule has 1 rings (SSSR count). The summed E-state index contributed by atoms with van der Waals surface area (Å²) in [5.41, 5.74) is 0. The Balaban J connectivity index is 2.37. The van der Waals surface area contributed by atoms with Gasteiger partial charge in [-0.1, -0.05) is 6.07 Å². The van der Waals surface area contributed by atoms with E-state index in [1.807, 2.05) is 0 Å². The van der Waals surface area contributed by atoms with E-state index in [-0.39, 0.29) is 29.6 Å². The molecule has 8 heteroatoms. The van der Waals surface area contributed by atoms with Crippen molar-refractivity contribution in [3.8, 4) is 17.6 Å². The van der Waals surface area contributed by atoms with Gasteiger partial charge in [0.2, 0.25) is 0 Å². The van der Waals surface area contributed by atoms with Crippen LogP contribution < -0.4 is 4.74 Å². The zero-order chi connectivity index (χ0) is 22.6. The third-order valence-electron chi connectivity index (χ3n) is 4.51. The number of carboxylic acid groups (broad SMARTS) is 1. The molecular formula is C22H30O7S. The minimum absolute atomic E-state index is 0.0291. The number of Topliss-reactive ketones (excluding diaryl/α,β-unsaturated/α-hetero) is 1. The van der Waals surface area contributed by atoms with Crippen LogP contribution >= 0.6 is 0 Å². The molecule has 0 aliphatic carbocycles. The summed E-state index contributed by atoms with van der Waals surface area (Å²) in [6, 6.07) is 6.11. The van der Waals surface area contributed by atoms with Gasteiger partial charge >= 0.3 is 5.97 Å². The number of aliphatic hydroxyl groups excluding tert-OH is 1. The number of aliphatic hydroxyl groups is 1. The topological polar surface area (TPSA) is 118 Å². The first-order valence-electron chi connectivity index (χ1n) is 9.88. The highest BCUT2D eigenvalue weighted by Gasteiger charge is 2.14. The maximum absolute atomic E-state index is 11.8. The summed E-state index contributed by atoms with van der Waals surface area (Å²) in [4.78, 5) is 22.4. The second kappa shape index (κ2) is 13.0. The first kappa shape index (κ1) is 25.7. The van der Waals surface area contributed by atoms with Gasteiger partial charge in [-0.25, -0.2) is 8.42 Å². The highest BCUT2D eigenvalue weighted by atomic mass is 32.2. The fraction of sp³-hybridized carbons (Fsp3) is 0.545. The maximum Gasteiger partial charge on any atom is 0.303 e. The molecule has 0 bridgehead atoms. The largest absolute Gasteiger partial charge is 0.491 e. The van der Waals surface area contributed by atoms with Crippen LogP contribution in [-0.4, -0.2) is 49.4 Å². The van der Waals surface area contributed by atoms with E-state index in [1.54, 1.807) is 12.1 Å². The summed E-state index contributed by atoms with van der Waals surface area (Å²) in [7, 11) is -3.32. The number of carbonyl (C=O) groups is 2. The quantitative estimate of drug-likeness (QED) is 0.359. The van der Waals surface area contributed by atoms with Crippen molar-refractivity contribution in [3.05, 3.63) is 24.3 Å². The van der Waals surface area contributed by atoms with E-state index in [0.717, 1.165) is 6.26 Å². The first-order chi connectivity index (χ1) is 14.1. The van der Waals surface area contributed by atoms with Crippen LogP contribution in [0.25, 0.3) is 0 Å². The average molecular weight is 439 g/mol. The lowest BCUT2D eigenvalue weighted by atomic mass is 9.94. The molecule has 0 radical (unpaired) electrons. The monoisotopic (exact) mass is 438 g/mol. The van der Waals surface area contributed by atoms with Crippen LogP contribution in [0, 0.1) is 17.8 Å². The highest BCUT2D eigenvalue weighted by Crippen LogP contribution is 2.19. The van der Waals surface area contributed by atoms with E-state index < -0.39 is 21.9 Å². The van der Waals surface area contributed by atoms with Gasteiger partial charge in [-0.3, -0.25) is 9.59 Å². The summed E-state index contributed by atoms with van der Waals surface area (Å²) < 4.78 is 28.6. The van der Waals surface area contributed by atoms with Gasteiger partial charge < -0.3 is 14.9 Å². The predicted octanol–water partition coefficient (Wildman–Crippen LogP) is 2.85. The Bertz CT molecular complexity index is 865. The zero-order valence-corrected chi connectivity index (χ0v) is 18.3. The molecule has 7 nitrogen and oxygen atoms in total. The predicted molar refractivity (Wildman–Crippen MR) is 113 cm³/mol. The number of ketones is 1. The van der Waals surface area contributed by atoms with E-state index in [0.29, 0.717) is 44.3 Å². The van der Waals surface area contributed by atoms with Crippen LogP contribution in [0.1, 0.15) is 51.9 Å². The van der Waals surface area contributed by atoms with Gasteiger partial charge in [0.05, 0.1) is 11.0 Å². The van der Waals surface area contributed by atoms with E-state index in [1.165, 1.54) is 19.1 Å². The summed E-state index contributed by atoms with van der Waals surface area (Å²) in [5, 5.41) is 18.7.